The second kappa shape index (κ2) is 9.89. The van der Waals surface area contributed by atoms with Crippen LogP contribution in [0.25, 0.3) is 0 Å². The number of benzene rings is 2. The number of nitrogens with zero attached hydrogens (tertiary/aromatic N) is 6. The molecule has 2 unspecified atom stereocenters. The van der Waals surface area contributed by atoms with E-state index < -0.39 is 0 Å². The van der Waals surface area contributed by atoms with Crippen LogP contribution in [-0.2, 0) is 6.61 Å². The monoisotopic (exact) mass is 553 g/mol. The van der Waals surface area contributed by atoms with E-state index in [1.165, 1.54) is 23.9 Å². The smallest absolute Gasteiger partial charge is 0.265 e. The summed E-state index contributed by atoms with van der Waals surface area (Å²) < 4.78 is 0. The van der Waals surface area contributed by atoms with E-state index in [2.05, 4.69) is 38.2 Å². The molecule has 6 rings (SSSR count). The minimum atomic E-state index is -0.271. The van der Waals surface area contributed by atoms with Gasteiger partial charge in [-0.25, -0.2) is 4.98 Å². The lowest BCUT2D eigenvalue weighted by Crippen LogP contribution is -2.52. The number of hydrogen-bond acceptors (Lipinski definition) is 8. The van der Waals surface area contributed by atoms with Crippen LogP contribution in [0.5, 0.6) is 0 Å². The van der Waals surface area contributed by atoms with Crippen molar-refractivity contribution in [2.24, 2.45) is 0 Å². The average molecular weight is 554 g/mol. The lowest BCUT2D eigenvalue weighted by molar-refractivity contribution is 0.0982. The minimum absolute atomic E-state index is 0.0603. The molecule has 9 nitrogen and oxygen atoms in total. The van der Waals surface area contributed by atoms with Crippen LogP contribution in [0.2, 0.25) is 10.0 Å². The summed E-state index contributed by atoms with van der Waals surface area (Å²) in [6.45, 7) is 2.12. The number of aliphatic hydroxyl groups excluding tert-OH is 1. The van der Waals surface area contributed by atoms with Crippen molar-refractivity contribution in [2.45, 2.75) is 31.5 Å². The molecule has 198 valence electrons. The molecule has 38 heavy (non-hydrogen) atoms. The van der Waals surface area contributed by atoms with Crippen LogP contribution in [0, 0.1) is 0 Å². The number of aliphatic hydroxyl groups is 1. The van der Waals surface area contributed by atoms with Crippen LogP contribution >= 0.6 is 23.2 Å². The molecular weight excluding hydrogens is 525 g/mol. The van der Waals surface area contributed by atoms with E-state index in [9.17, 15) is 9.90 Å². The number of piperazine rings is 1. The van der Waals surface area contributed by atoms with Crippen molar-refractivity contribution >= 4 is 57.9 Å². The van der Waals surface area contributed by atoms with Crippen molar-refractivity contribution in [3.8, 4) is 0 Å². The Morgan fingerprint density at radius 3 is 2.47 bits per heavy atom. The van der Waals surface area contributed by atoms with Gasteiger partial charge < -0.3 is 20.2 Å². The lowest BCUT2D eigenvalue weighted by atomic mass is 10.1. The van der Waals surface area contributed by atoms with Gasteiger partial charge in [0.05, 0.1) is 29.0 Å². The van der Waals surface area contributed by atoms with Crippen LogP contribution in [0.15, 0.2) is 42.6 Å². The zero-order valence-corrected chi connectivity index (χ0v) is 22.7. The molecule has 0 radical (unpaired) electrons. The number of nitrogens with one attached hydrogen (secondary N) is 1. The third-order valence-corrected chi connectivity index (χ3v) is 8.47. The van der Waals surface area contributed by atoms with Crippen molar-refractivity contribution in [2.75, 3.05) is 53.9 Å². The van der Waals surface area contributed by atoms with Crippen LogP contribution < -0.4 is 20.0 Å². The number of para-hydroxylation sites is 1. The molecule has 4 heterocycles. The molecule has 3 aliphatic rings. The molecule has 0 aliphatic carbocycles. The zero-order chi connectivity index (χ0) is 26.6. The maximum atomic E-state index is 13.3. The molecule has 11 heteroatoms. The predicted molar refractivity (Wildman–Crippen MR) is 151 cm³/mol. The summed E-state index contributed by atoms with van der Waals surface area (Å²) in [5, 5.41) is 14.2. The average Bonchev–Trinajstić information content (AvgIpc) is 3.10. The standard InChI is InChI=1S/C27H29Cl2N7O2/c1-33-15-36(24-21(28)4-3-5-22(24)29)26(38)20-11-30-27(32-25(20)33)31-17-6-9-23(16(10-17)14-37)35-12-18-7-8-19(13-35)34(18)2/h3-6,9-11,18-19,37H,7-8,12-15H2,1-2H3,(H,30,31,32). The SMILES string of the molecule is CN1CN(c2c(Cl)cccc2Cl)C(=O)c2cnc(Nc3ccc(N4CC5CCC(C4)N5C)c(CO)c3)nc21. The van der Waals surface area contributed by atoms with Gasteiger partial charge in [0.2, 0.25) is 5.95 Å². The highest BCUT2D eigenvalue weighted by molar-refractivity contribution is 6.40. The predicted octanol–water partition coefficient (Wildman–Crippen LogP) is 4.36. The molecule has 2 fully saturated rings. The van der Waals surface area contributed by atoms with E-state index in [-0.39, 0.29) is 19.2 Å². The van der Waals surface area contributed by atoms with Crippen molar-refractivity contribution < 1.29 is 9.90 Å². The lowest BCUT2D eigenvalue weighted by Gasteiger charge is -2.40. The summed E-state index contributed by atoms with van der Waals surface area (Å²) in [4.78, 5) is 30.6. The fraction of sp³-hybridized carbons (Fsp3) is 0.370. The molecule has 2 saturated heterocycles. The second-order valence-electron chi connectivity index (χ2n) is 10.2. The summed E-state index contributed by atoms with van der Waals surface area (Å²) in [5.74, 6) is 0.605. The highest BCUT2D eigenvalue weighted by Crippen LogP contribution is 2.38. The topological polar surface area (TPSA) is 88.1 Å². The van der Waals surface area contributed by atoms with Gasteiger partial charge >= 0.3 is 0 Å². The summed E-state index contributed by atoms with van der Waals surface area (Å²) in [6.07, 6.45) is 3.96. The number of carbonyl (C=O) groups excluding carboxylic acids is 1. The molecule has 3 aliphatic heterocycles. The van der Waals surface area contributed by atoms with Crippen molar-refractivity contribution in [3.05, 3.63) is 63.8 Å². The number of fused-ring (bicyclic) bond motifs is 3. The van der Waals surface area contributed by atoms with Gasteiger partial charge in [0.25, 0.3) is 5.91 Å². The number of aromatic nitrogens is 2. The highest BCUT2D eigenvalue weighted by Gasteiger charge is 2.38. The van der Waals surface area contributed by atoms with E-state index >= 15 is 0 Å². The number of hydrogen-bond donors (Lipinski definition) is 2. The molecule has 3 aromatic rings. The second-order valence-corrected chi connectivity index (χ2v) is 11.0. The summed E-state index contributed by atoms with van der Waals surface area (Å²) in [6, 6.07) is 12.2. The number of halogens is 2. The van der Waals surface area contributed by atoms with Gasteiger partial charge in [-0.1, -0.05) is 29.3 Å². The van der Waals surface area contributed by atoms with Gasteiger partial charge in [-0.15, -0.1) is 0 Å². The molecule has 0 saturated carbocycles. The van der Waals surface area contributed by atoms with Crippen molar-refractivity contribution in [1.29, 1.82) is 0 Å². The highest BCUT2D eigenvalue weighted by atomic mass is 35.5. The Morgan fingerprint density at radius 2 is 1.79 bits per heavy atom. The Hall–Kier alpha value is -3.11. The Labute approximate surface area is 231 Å². The number of amides is 1. The van der Waals surface area contributed by atoms with Crippen LogP contribution in [0.4, 0.5) is 28.8 Å². The van der Waals surface area contributed by atoms with E-state index in [1.54, 1.807) is 18.2 Å². The van der Waals surface area contributed by atoms with Gasteiger partial charge in [-0.3, -0.25) is 14.6 Å². The molecule has 2 N–H and O–H groups in total. The zero-order valence-electron chi connectivity index (χ0n) is 21.2. The molecule has 2 atom stereocenters. The van der Waals surface area contributed by atoms with Crippen molar-refractivity contribution in [3.63, 3.8) is 0 Å². The van der Waals surface area contributed by atoms with Gasteiger partial charge in [0.1, 0.15) is 11.4 Å². The third-order valence-electron chi connectivity index (χ3n) is 7.86. The normalized spacial score (nSPS) is 21.2. The van der Waals surface area contributed by atoms with E-state index in [4.69, 9.17) is 23.2 Å². The first-order valence-electron chi connectivity index (χ1n) is 12.7. The summed E-state index contributed by atoms with van der Waals surface area (Å²) in [5.41, 5.74) is 3.51. The maximum Gasteiger partial charge on any atom is 0.265 e. The van der Waals surface area contributed by atoms with Gasteiger partial charge in [0.15, 0.2) is 0 Å². The molecule has 2 aromatic carbocycles. The van der Waals surface area contributed by atoms with E-state index in [0.29, 0.717) is 45.1 Å². The molecule has 1 amide bonds. The summed E-state index contributed by atoms with van der Waals surface area (Å²) >= 11 is 12.7. The molecule has 2 bridgehead atoms. The molecular formula is C27H29Cl2N7O2. The Morgan fingerprint density at radius 1 is 1.08 bits per heavy atom. The van der Waals surface area contributed by atoms with Crippen LogP contribution in [-0.4, -0.2) is 71.8 Å². The first kappa shape index (κ1) is 25.2. The largest absolute Gasteiger partial charge is 0.392 e. The first-order chi connectivity index (χ1) is 18.3. The van der Waals surface area contributed by atoms with E-state index in [1.807, 2.05) is 24.1 Å². The molecule has 0 spiro atoms. The van der Waals surface area contributed by atoms with Crippen LogP contribution in [0.3, 0.4) is 0 Å². The summed E-state index contributed by atoms with van der Waals surface area (Å²) in [7, 11) is 4.06. The van der Waals surface area contributed by atoms with Gasteiger partial charge in [-0.2, -0.15) is 4.98 Å². The number of carbonyl (C=O) groups is 1. The fourth-order valence-corrected chi connectivity index (χ4v) is 6.42. The third kappa shape index (κ3) is 4.33. The Balaban J connectivity index is 1.23. The van der Waals surface area contributed by atoms with Crippen molar-refractivity contribution in [1.82, 2.24) is 14.9 Å². The fourth-order valence-electron chi connectivity index (χ4n) is 5.82. The number of rotatable bonds is 5. The van der Waals surface area contributed by atoms with Gasteiger partial charge in [0, 0.05) is 55.4 Å². The maximum absolute atomic E-state index is 13.3. The Bertz CT molecular complexity index is 1370. The van der Waals surface area contributed by atoms with E-state index in [0.717, 1.165) is 30.0 Å². The number of likely N-dealkylation sites (N-methyl/N-ethyl adjacent to an activating group) is 1. The quantitative estimate of drug-likeness (QED) is 0.482. The first-order valence-corrected chi connectivity index (χ1v) is 13.4. The number of anilines is 5. The molecule has 1 aromatic heterocycles. The Kier molecular flexibility index (Phi) is 6.55. The minimum Gasteiger partial charge on any atom is -0.392 e. The van der Waals surface area contributed by atoms with Gasteiger partial charge in [-0.05, 0) is 50.2 Å². The van der Waals surface area contributed by atoms with Crippen LogP contribution in [0.1, 0.15) is 28.8 Å².